The molecule has 0 aliphatic carbocycles. The Bertz CT molecular complexity index is 462. The molecule has 2 atom stereocenters. The lowest BCUT2D eigenvalue weighted by Crippen LogP contribution is -2.28. The Morgan fingerprint density at radius 2 is 2.00 bits per heavy atom. The van der Waals surface area contributed by atoms with Gasteiger partial charge in [-0.1, -0.05) is 19.1 Å². The molecule has 1 rings (SSSR count). The summed E-state index contributed by atoms with van der Waals surface area (Å²) in [7, 11) is 0. The van der Waals surface area contributed by atoms with Gasteiger partial charge < -0.3 is 10.4 Å². The van der Waals surface area contributed by atoms with E-state index in [0.29, 0.717) is 5.56 Å². The lowest BCUT2D eigenvalue weighted by Gasteiger charge is -2.16. The van der Waals surface area contributed by atoms with Crippen LogP contribution in [0.1, 0.15) is 38.3 Å². The van der Waals surface area contributed by atoms with Crippen LogP contribution in [0.2, 0.25) is 0 Å². The van der Waals surface area contributed by atoms with Crippen LogP contribution in [0, 0.1) is 11.7 Å². The third-order valence-electron chi connectivity index (χ3n) is 2.78. The van der Waals surface area contributed by atoms with Crippen LogP contribution in [-0.4, -0.2) is 17.0 Å². The fourth-order valence-corrected chi connectivity index (χ4v) is 1.85. The van der Waals surface area contributed by atoms with Gasteiger partial charge in [0.1, 0.15) is 5.82 Å². The number of benzene rings is 1. The molecule has 1 amide bonds. The van der Waals surface area contributed by atoms with E-state index in [4.69, 9.17) is 5.11 Å². The molecule has 0 radical (unpaired) electrons. The minimum atomic E-state index is -0.918. The molecule has 2 unspecified atom stereocenters. The van der Waals surface area contributed by atoms with Crippen molar-refractivity contribution >= 4 is 11.9 Å². The average Bonchev–Trinajstić information content (AvgIpc) is 2.27. The zero-order chi connectivity index (χ0) is 14.4. The van der Waals surface area contributed by atoms with Crippen molar-refractivity contribution in [2.24, 2.45) is 5.92 Å². The molecule has 1 aromatic carbocycles. The number of rotatable bonds is 6. The van der Waals surface area contributed by atoms with Crippen molar-refractivity contribution in [3.8, 4) is 0 Å². The van der Waals surface area contributed by atoms with Crippen LogP contribution in [0.25, 0.3) is 0 Å². The van der Waals surface area contributed by atoms with Gasteiger partial charge in [0, 0.05) is 12.8 Å². The van der Waals surface area contributed by atoms with Gasteiger partial charge in [0.15, 0.2) is 0 Å². The predicted molar refractivity (Wildman–Crippen MR) is 69.0 cm³/mol. The van der Waals surface area contributed by atoms with Crippen LogP contribution in [0.15, 0.2) is 24.3 Å². The molecule has 0 fully saturated rings. The molecule has 0 spiro atoms. The largest absolute Gasteiger partial charge is 0.481 e. The van der Waals surface area contributed by atoms with Crippen molar-refractivity contribution in [2.45, 2.75) is 32.7 Å². The summed E-state index contributed by atoms with van der Waals surface area (Å²) in [4.78, 5) is 22.2. The number of nitrogens with one attached hydrogen (secondary N) is 1. The lowest BCUT2D eigenvalue weighted by molar-refractivity contribution is -0.138. The summed E-state index contributed by atoms with van der Waals surface area (Å²) in [6.45, 7) is 3.47. The fraction of sp³-hybridized carbons (Fsp3) is 0.429. The Morgan fingerprint density at radius 1 is 1.32 bits per heavy atom. The van der Waals surface area contributed by atoms with E-state index in [1.165, 1.54) is 12.1 Å². The fourth-order valence-electron chi connectivity index (χ4n) is 1.85. The van der Waals surface area contributed by atoms with Crippen LogP contribution in [0.3, 0.4) is 0 Å². The highest BCUT2D eigenvalue weighted by molar-refractivity contribution is 5.77. The van der Waals surface area contributed by atoms with Crippen molar-refractivity contribution in [3.05, 3.63) is 35.6 Å². The van der Waals surface area contributed by atoms with Gasteiger partial charge in [-0.2, -0.15) is 0 Å². The van der Waals surface area contributed by atoms with Crippen molar-refractivity contribution in [1.29, 1.82) is 0 Å². The molecule has 2 N–H and O–H groups in total. The molecule has 19 heavy (non-hydrogen) atoms. The quantitative estimate of drug-likeness (QED) is 0.832. The molecule has 0 aromatic heterocycles. The first-order valence-electron chi connectivity index (χ1n) is 6.15. The van der Waals surface area contributed by atoms with Crippen LogP contribution in [-0.2, 0) is 9.59 Å². The highest BCUT2D eigenvalue weighted by atomic mass is 19.1. The van der Waals surface area contributed by atoms with Crippen LogP contribution in [0.4, 0.5) is 4.39 Å². The predicted octanol–water partition coefficient (Wildman–Crippen LogP) is 2.50. The normalized spacial score (nSPS) is 13.6. The molecular weight excluding hydrogens is 249 g/mol. The number of carboxylic acids is 1. The summed E-state index contributed by atoms with van der Waals surface area (Å²) in [6.07, 6.45) is 0.105. The smallest absolute Gasteiger partial charge is 0.303 e. The van der Waals surface area contributed by atoms with Crippen molar-refractivity contribution < 1.29 is 19.1 Å². The Labute approximate surface area is 111 Å². The van der Waals surface area contributed by atoms with Crippen molar-refractivity contribution in [2.75, 3.05) is 0 Å². The van der Waals surface area contributed by atoms with Crippen LogP contribution >= 0.6 is 0 Å². The van der Waals surface area contributed by atoms with Gasteiger partial charge in [-0.25, -0.2) is 4.39 Å². The van der Waals surface area contributed by atoms with E-state index in [1.54, 1.807) is 26.0 Å². The zero-order valence-corrected chi connectivity index (χ0v) is 11.0. The summed E-state index contributed by atoms with van der Waals surface area (Å²) in [5.74, 6) is -1.72. The highest BCUT2D eigenvalue weighted by Crippen LogP contribution is 2.15. The van der Waals surface area contributed by atoms with Crippen LogP contribution in [0.5, 0.6) is 0 Å². The number of hydrogen-bond acceptors (Lipinski definition) is 2. The lowest BCUT2D eigenvalue weighted by atomic mass is 10.0. The highest BCUT2D eigenvalue weighted by Gasteiger charge is 2.15. The third kappa shape index (κ3) is 5.50. The minimum Gasteiger partial charge on any atom is -0.481 e. The SMILES string of the molecule is CC(CC(=O)O)CC(=O)NC(C)c1cccc(F)c1. The van der Waals surface area contributed by atoms with Gasteiger partial charge in [-0.3, -0.25) is 9.59 Å². The van der Waals surface area contributed by atoms with E-state index in [2.05, 4.69) is 5.32 Å². The summed E-state index contributed by atoms with van der Waals surface area (Å²) in [6, 6.07) is 5.72. The van der Waals surface area contributed by atoms with E-state index >= 15 is 0 Å². The minimum absolute atomic E-state index is 0.0399. The van der Waals surface area contributed by atoms with Gasteiger partial charge >= 0.3 is 5.97 Å². The molecule has 1 aromatic rings. The van der Waals surface area contributed by atoms with E-state index < -0.39 is 5.97 Å². The summed E-state index contributed by atoms with van der Waals surface area (Å²) in [5, 5.41) is 11.3. The zero-order valence-electron chi connectivity index (χ0n) is 11.0. The Balaban J connectivity index is 2.50. The molecule has 0 aliphatic rings. The first kappa shape index (κ1) is 15.1. The molecule has 0 saturated heterocycles. The van der Waals surface area contributed by atoms with Gasteiger partial charge in [-0.05, 0) is 30.5 Å². The van der Waals surface area contributed by atoms with E-state index in [-0.39, 0.29) is 36.5 Å². The second kappa shape index (κ2) is 6.87. The van der Waals surface area contributed by atoms with E-state index in [0.717, 1.165) is 0 Å². The molecule has 0 heterocycles. The van der Waals surface area contributed by atoms with Gasteiger partial charge in [0.25, 0.3) is 0 Å². The number of amides is 1. The maximum absolute atomic E-state index is 13.0. The Morgan fingerprint density at radius 3 is 2.58 bits per heavy atom. The summed E-state index contributed by atoms with van der Waals surface area (Å²) in [5.41, 5.74) is 0.680. The Kier molecular flexibility index (Phi) is 5.48. The molecule has 0 bridgehead atoms. The van der Waals surface area contributed by atoms with E-state index in [9.17, 15) is 14.0 Å². The van der Waals surface area contributed by atoms with Gasteiger partial charge in [0.05, 0.1) is 6.04 Å². The molecule has 0 saturated carbocycles. The number of hydrogen-bond donors (Lipinski definition) is 2. The standard InChI is InChI=1S/C14H18FNO3/c1-9(7-14(18)19)6-13(17)16-10(2)11-4-3-5-12(15)8-11/h3-5,8-10H,6-7H2,1-2H3,(H,16,17)(H,18,19). The molecule has 4 nitrogen and oxygen atoms in total. The number of carboxylic acid groups (broad SMARTS) is 1. The number of carbonyl (C=O) groups is 2. The monoisotopic (exact) mass is 267 g/mol. The third-order valence-corrected chi connectivity index (χ3v) is 2.78. The van der Waals surface area contributed by atoms with E-state index in [1.807, 2.05) is 0 Å². The number of aliphatic carboxylic acids is 1. The molecule has 5 heteroatoms. The molecular formula is C14H18FNO3. The van der Waals surface area contributed by atoms with Gasteiger partial charge in [-0.15, -0.1) is 0 Å². The molecule has 0 aliphatic heterocycles. The Hall–Kier alpha value is -1.91. The van der Waals surface area contributed by atoms with Crippen LogP contribution < -0.4 is 5.32 Å². The molecule has 104 valence electrons. The summed E-state index contributed by atoms with van der Waals surface area (Å²) < 4.78 is 13.0. The van der Waals surface area contributed by atoms with Gasteiger partial charge in [0.2, 0.25) is 5.91 Å². The van der Waals surface area contributed by atoms with Crippen molar-refractivity contribution in [1.82, 2.24) is 5.32 Å². The maximum atomic E-state index is 13.0. The second-order valence-electron chi connectivity index (χ2n) is 4.75. The second-order valence-corrected chi connectivity index (χ2v) is 4.75. The van der Waals surface area contributed by atoms with Crippen molar-refractivity contribution in [3.63, 3.8) is 0 Å². The average molecular weight is 267 g/mol. The first-order valence-corrected chi connectivity index (χ1v) is 6.15. The maximum Gasteiger partial charge on any atom is 0.303 e. The first-order chi connectivity index (χ1) is 8.88. The summed E-state index contributed by atoms with van der Waals surface area (Å²) >= 11 is 0. The number of halogens is 1. The topological polar surface area (TPSA) is 66.4 Å². The number of carbonyl (C=O) groups excluding carboxylic acids is 1.